The Hall–Kier alpha value is -3.42. The van der Waals surface area contributed by atoms with E-state index < -0.39 is 18.4 Å². The van der Waals surface area contributed by atoms with E-state index in [4.69, 9.17) is 5.11 Å². The summed E-state index contributed by atoms with van der Waals surface area (Å²) in [5.41, 5.74) is 1.35. The number of halogens is 1. The number of aromatic nitrogens is 2. The van der Waals surface area contributed by atoms with Gasteiger partial charge in [-0.1, -0.05) is 20.8 Å². The molecule has 2 heterocycles. The molecule has 0 spiro atoms. The van der Waals surface area contributed by atoms with Crippen LogP contribution in [-0.4, -0.2) is 38.2 Å². The molecular weight excluding hydrogens is 365 g/mol. The summed E-state index contributed by atoms with van der Waals surface area (Å²) in [6.45, 7) is 5.29. The van der Waals surface area contributed by atoms with Gasteiger partial charge < -0.3 is 20.1 Å². The van der Waals surface area contributed by atoms with Crippen LogP contribution in [0.15, 0.2) is 36.7 Å². The summed E-state index contributed by atoms with van der Waals surface area (Å²) in [5.74, 6) is -2.68. The van der Waals surface area contributed by atoms with Crippen molar-refractivity contribution in [1.82, 2.24) is 14.9 Å². The minimum absolute atomic E-state index is 0.254. The van der Waals surface area contributed by atoms with Crippen LogP contribution in [0.3, 0.4) is 0 Å². The SMILES string of the molecule is CC(C)(C)c1cn(-c2ccc(F)cc2)c2cnc(C(=O)NCC(=O)O)c(O)c12. The summed E-state index contributed by atoms with van der Waals surface area (Å²) in [6.07, 6.45) is 3.25. The Kier molecular flexibility index (Phi) is 4.80. The Morgan fingerprint density at radius 2 is 1.86 bits per heavy atom. The van der Waals surface area contributed by atoms with Gasteiger partial charge in [-0.2, -0.15) is 0 Å². The first-order valence-corrected chi connectivity index (χ1v) is 8.59. The molecule has 0 bridgehead atoms. The molecule has 8 heteroatoms. The Morgan fingerprint density at radius 3 is 2.43 bits per heavy atom. The van der Waals surface area contributed by atoms with Gasteiger partial charge in [-0.15, -0.1) is 0 Å². The van der Waals surface area contributed by atoms with Crippen LogP contribution in [0.5, 0.6) is 5.75 Å². The molecule has 7 nitrogen and oxygen atoms in total. The summed E-state index contributed by atoms with van der Waals surface area (Å²) >= 11 is 0. The normalized spacial score (nSPS) is 11.6. The van der Waals surface area contributed by atoms with Crippen LogP contribution in [-0.2, 0) is 10.2 Å². The highest BCUT2D eigenvalue weighted by Crippen LogP contribution is 2.39. The van der Waals surface area contributed by atoms with Gasteiger partial charge in [-0.05, 0) is 35.2 Å². The van der Waals surface area contributed by atoms with Crippen LogP contribution >= 0.6 is 0 Å². The van der Waals surface area contributed by atoms with Crippen molar-refractivity contribution in [2.45, 2.75) is 26.2 Å². The van der Waals surface area contributed by atoms with Crippen molar-refractivity contribution in [2.24, 2.45) is 0 Å². The summed E-state index contributed by atoms with van der Waals surface area (Å²) in [4.78, 5) is 27.0. The van der Waals surface area contributed by atoms with E-state index in [1.165, 1.54) is 18.3 Å². The van der Waals surface area contributed by atoms with Gasteiger partial charge in [-0.25, -0.2) is 9.37 Å². The monoisotopic (exact) mass is 385 g/mol. The molecule has 0 radical (unpaired) electrons. The lowest BCUT2D eigenvalue weighted by Crippen LogP contribution is -2.30. The maximum atomic E-state index is 13.3. The number of hydrogen-bond donors (Lipinski definition) is 3. The number of carboxylic acids is 1. The third kappa shape index (κ3) is 3.53. The van der Waals surface area contributed by atoms with Crippen molar-refractivity contribution in [1.29, 1.82) is 0 Å². The Balaban J connectivity index is 2.21. The van der Waals surface area contributed by atoms with Gasteiger partial charge in [0, 0.05) is 17.3 Å². The molecule has 0 atom stereocenters. The molecule has 1 amide bonds. The van der Waals surface area contributed by atoms with E-state index in [2.05, 4.69) is 10.3 Å². The van der Waals surface area contributed by atoms with Gasteiger partial charge in [0.05, 0.1) is 11.7 Å². The highest BCUT2D eigenvalue weighted by Gasteiger charge is 2.26. The first-order chi connectivity index (χ1) is 13.1. The molecule has 0 fully saturated rings. The molecular formula is C20H20FN3O4. The molecule has 0 aliphatic carbocycles. The van der Waals surface area contributed by atoms with Gasteiger partial charge in [0.1, 0.15) is 12.4 Å². The highest BCUT2D eigenvalue weighted by atomic mass is 19.1. The predicted molar refractivity (Wildman–Crippen MR) is 101 cm³/mol. The van der Waals surface area contributed by atoms with Gasteiger partial charge in [0.25, 0.3) is 5.91 Å². The number of aliphatic carboxylic acids is 1. The zero-order valence-electron chi connectivity index (χ0n) is 15.7. The number of amides is 1. The van der Waals surface area contributed by atoms with Crippen molar-refractivity contribution in [3.8, 4) is 11.4 Å². The lowest BCUT2D eigenvalue weighted by molar-refractivity contribution is -0.135. The average Bonchev–Trinajstić information content (AvgIpc) is 3.01. The fourth-order valence-corrected chi connectivity index (χ4v) is 2.99. The molecule has 146 valence electrons. The zero-order chi connectivity index (χ0) is 20.6. The van der Waals surface area contributed by atoms with Gasteiger partial charge >= 0.3 is 5.97 Å². The molecule has 3 rings (SSSR count). The maximum Gasteiger partial charge on any atom is 0.322 e. The minimum Gasteiger partial charge on any atom is -0.505 e. The largest absolute Gasteiger partial charge is 0.505 e. The molecule has 0 aliphatic heterocycles. The topological polar surface area (TPSA) is 104 Å². The van der Waals surface area contributed by atoms with Crippen LogP contribution in [0.1, 0.15) is 36.8 Å². The number of hydrogen-bond acceptors (Lipinski definition) is 4. The Morgan fingerprint density at radius 1 is 1.21 bits per heavy atom. The summed E-state index contributed by atoms with van der Waals surface area (Å²) in [7, 11) is 0. The molecule has 0 aliphatic rings. The van der Waals surface area contributed by atoms with Crippen LogP contribution in [0, 0.1) is 5.82 Å². The third-order valence-corrected chi connectivity index (χ3v) is 4.35. The van der Waals surface area contributed by atoms with E-state index in [-0.39, 0.29) is 22.7 Å². The Bertz CT molecular complexity index is 1070. The molecule has 0 unspecified atom stereocenters. The van der Waals surface area contributed by atoms with Crippen LogP contribution in [0.4, 0.5) is 4.39 Å². The average molecular weight is 385 g/mol. The highest BCUT2D eigenvalue weighted by molar-refractivity contribution is 6.03. The zero-order valence-corrected chi connectivity index (χ0v) is 15.7. The van der Waals surface area contributed by atoms with Crippen LogP contribution < -0.4 is 5.32 Å². The molecule has 0 saturated heterocycles. The van der Waals surface area contributed by atoms with E-state index in [9.17, 15) is 19.1 Å². The number of rotatable bonds is 4. The second-order valence-electron chi connectivity index (χ2n) is 7.43. The quantitative estimate of drug-likeness (QED) is 0.640. The van der Waals surface area contributed by atoms with Crippen molar-refractivity contribution in [2.75, 3.05) is 6.54 Å². The number of aromatic hydroxyl groups is 1. The molecule has 3 N–H and O–H groups in total. The molecule has 28 heavy (non-hydrogen) atoms. The number of carbonyl (C=O) groups is 2. The summed E-state index contributed by atoms with van der Waals surface area (Å²) in [6, 6.07) is 5.87. The smallest absolute Gasteiger partial charge is 0.322 e. The van der Waals surface area contributed by atoms with Crippen molar-refractivity contribution >= 4 is 22.8 Å². The number of benzene rings is 1. The van der Waals surface area contributed by atoms with E-state index in [1.54, 1.807) is 16.7 Å². The number of fused-ring (bicyclic) bond motifs is 1. The van der Waals surface area contributed by atoms with E-state index >= 15 is 0 Å². The van der Waals surface area contributed by atoms with Gasteiger partial charge in [0.15, 0.2) is 11.4 Å². The fourth-order valence-electron chi connectivity index (χ4n) is 2.99. The molecule has 1 aromatic carbocycles. The number of nitrogens with one attached hydrogen (secondary N) is 1. The number of carboxylic acid groups (broad SMARTS) is 1. The molecule has 3 aromatic rings. The summed E-state index contributed by atoms with van der Waals surface area (Å²) in [5, 5.41) is 22.1. The second kappa shape index (κ2) is 6.95. The van der Waals surface area contributed by atoms with E-state index in [1.807, 2.05) is 27.0 Å². The van der Waals surface area contributed by atoms with Crippen LogP contribution in [0.25, 0.3) is 16.6 Å². The fraction of sp³-hybridized carbons (Fsp3) is 0.250. The number of carbonyl (C=O) groups excluding carboxylic acids is 1. The van der Waals surface area contributed by atoms with E-state index in [0.29, 0.717) is 16.6 Å². The first kappa shape index (κ1) is 19.3. The van der Waals surface area contributed by atoms with Crippen molar-refractivity contribution < 1.29 is 24.2 Å². The lowest BCUT2D eigenvalue weighted by atomic mass is 9.86. The minimum atomic E-state index is -1.20. The maximum absolute atomic E-state index is 13.3. The van der Waals surface area contributed by atoms with Gasteiger partial charge in [-0.3, -0.25) is 9.59 Å². The van der Waals surface area contributed by atoms with Crippen molar-refractivity contribution in [3.05, 3.63) is 53.7 Å². The van der Waals surface area contributed by atoms with Crippen molar-refractivity contribution in [3.63, 3.8) is 0 Å². The number of nitrogens with zero attached hydrogens (tertiary/aromatic N) is 2. The standard InChI is InChI=1S/C20H20FN3O4/c1-20(2,3)13-10-24(12-6-4-11(21)5-7-12)14-8-22-17(18(27)16(13)14)19(28)23-9-15(25)26/h4-8,10,27H,9H2,1-3H3,(H,23,28)(H,25,26). The Labute approximate surface area is 160 Å². The predicted octanol–water partition coefficient (Wildman–Crippen LogP) is 2.98. The lowest BCUT2D eigenvalue weighted by Gasteiger charge is -2.18. The third-order valence-electron chi connectivity index (χ3n) is 4.35. The van der Waals surface area contributed by atoms with Gasteiger partial charge in [0.2, 0.25) is 0 Å². The molecule has 0 saturated carbocycles. The first-order valence-electron chi connectivity index (χ1n) is 8.59. The van der Waals surface area contributed by atoms with Crippen LogP contribution in [0.2, 0.25) is 0 Å². The second-order valence-corrected chi connectivity index (χ2v) is 7.43. The summed E-state index contributed by atoms with van der Waals surface area (Å²) < 4.78 is 15.1. The number of pyridine rings is 1. The van der Waals surface area contributed by atoms with E-state index in [0.717, 1.165) is 5.56 Å². The molecule has 2 aromatic heterocycles.